The van der Waals surface area contributed by atoms with Crippen molar-refractivity contribution < 1.29 is 4.79 Å². The normalized spacial score (nSPS) is 4.80. The molecule has 4 heteroatoms. The second-order valence-corrected chi connectivity index (χ2v) is 0.402. The van der Waals surface area contributed by atoms with Gasteiger partial charge in [0.1, 0.15) is 0 Å². The van der Waals surface area contributed by atoms with Gasteiger partial charge >= 0.3 is 6.03 Å². The molecule has 0 rings (SSSR count). The van der Waals surface area contributed by atoms with E-state index in [-0.39, 0.29) is 51.4 Å². The molecule has 5 heavy (non-hydrogen) atoms. The van der Waals surface area contributed by atoms with Crippen LogP contribution in [0.15, 0.2) is 0 Å². The monoisotopic (exact) mass is 99.0 g/mol. The number of hydrogen-bond acceptors (Lipinski definition) is 1. The van der Waals surface area contributed by atoms with E-state index >= 15 is 0 Å². The minimum absolute atomic E-state index is 0. The minimum Gasteiger partial charge on any atom is -0.352 e. The van der Waals surface area contributed by atoms with Gasteiger partial charge in [-0.25, -0.2) is 4.79 Å². The number of urea groups is 1. The Morgan fingerprint density at radius 1 is 1.40 bits per heavy atom. The molecule has 0 saturated heterocycles. The first-order chi connectivity index (χ1) is 1.73. The van der Waals surface area contributed by atoms with E-state index < -0.39 is 6.03 Å². The first kappa shape index (κ1) is 9.32. The summed E-state index contributed by atoms with van der Waals surface area (Å²) >= 11 is 0. The summed E-state index contributed by atoms with van der Waals surface area (Å²) in [6.45, 7) is 0. The van der Waals surface area contributed by atoms with Crippen LogP contribution < -0.4 is 11.5 Å². The first-order valence-corrected chi connectivity index (χ1v) is 0.781. The fourth-order valence-corrected chi connectivity index (χ4v) is 0. The number of primary amides is 2. The SMILES string of the molecule is NC(N)=O.[K]. The number of carbonyl (C=O) groups is 1. The Morgan fingerprint density at radius 3 is 1.40 bits per heavy atom. The summed E-state index contributed by atoms with van der Waals surface area (Å²) in [6, 6.07) is -0.833. The third-order valence-electron chi connectivity index (χ3n) is 0. The number of hydrogen-bond donors (Lipinski definition) is 2. The molecular formula is CH4KN2O. The van der Waals surface area contributed by atoms with E-state index in [1.165, 1.54) is 0 Å². The molecule has 0 atom stereocenters. The van der Waals surface area contributed by atoms with Gasteiger partial charge in [0.15, 0.2) is 0 Å². The fourth-order valence-electron chi connectivity index (χ4n) is 0. The average Bonchev–Trinajstić information content (AvgIpc) is 0.811. The Morgan fingerprint density at radius 2 is 1.40 bits per heavy atom. The number of nitrogens with two attached hydrogens (primary N) is 2. The van der Waals surface area contributed by atoms with Crippen molar-refractivity contribution in [2.24, 2.45) is 11.5 Å². The number of carbonyl (C=O) groups excluding carboxylic acids is 1. The molecule has 0 unspecified atom stereocenters. The topological polar surface area (TPSA) is 69.1 Å². The van der Waals surface area contributed by atoms with Gasteiger partial charge in [0, 0.05) is 51.4 Å². The Kier molecular flexibility index (Phi) is 9.14. The molecular weight excluding hydrogens is 95.1 g/mol. The van der Waals surface area contributed by atoms with Crippen molar-refractivity contribution >= 4 is 57.4 Å². The molecule has 0 aliphatic heterocycles. The van der Waals surface area contributed by atoms with E-state index in [4.69, 9.17) is 4.79 Å². The van der Waals surface area contributed by atoms with Crippen LogP contribution in [0.4, 0.5) is 4.79 Å². The summed E-state index contributed by atoms with van der Waals surface area (Å²) in [6.07, 6.45) is 0. The Hall–Kier alpha value is 0.906. The molecule has 0 spiro atoms. The summed E-state index contributed by atoms with van der Waals surface area (Å²) in [4.78, 5) is 9.00. The zero-order valence-electron chi connectivity index (χ0n) is 3.06. The molecule has 2 amide bonds. The molecule has 4 N–H and O–H groups in total. The van der Waals surface area contributed by atoms with Gasteiger partial charge in [0.05, 0.1) is 0 Å². The molecule has 0 aliphatic rings. The average molecular weight is 99.2 g/mol. The summed E-state index contributed by atoms with van der Waals surface area (Å²) in [5.74, 6) is 0. The van der Waals surface area contributed by atoms with Gasteiger partial charge in [-0.15, -0.1) is 0 Å². The van der Waals surface area contributed by atoms with Gasteiger partial charge in [-0.05, 0) is 0 Å². The second kappa shape index (κ2) is 4.91. The van der Waals surface area contributed by atoms with Crippen LogP contribution in [0.3, 0.4) is 0 Å². The molecule has 0 bridgehead atoms. The van der Waals surface area contributed by atoms with Crippen LogP contribution in [0.25, 0.3) is 0 Å². The smallest absolute Gasteiger partial charge is 0.309 e. The summed E-state index contributed by atoms with van der Waals surface area (Å²) in [5, 5.41) is 0. The Labute approximate surface area is 72.5 Å². The fraction of sp³-hybridized carbons (Fsp3) is 0. The van der Waals surface area contributed by atoms with E-state index in [1.807, 2.05) is 0 Å². The predicted molar refractivity (Wildman–Crippen MR) is 19.5 cm³/mol. The van der Waals surface area contributed by atoms with Crippen molar-refractivity contribution in [2.45, 2.75) is 0 Å². The molecule has 0 fully saturated rings. The summed E-state index contributed by atoms with van der Waals surface area (Å²) in [7, 11) is 0. The minimum atomic E-state index is -0.833. The molecule has 0 aromatic heterocycles. The van der Waals surface area contributed by atoms with Gasteiger partial charge in [0.2, 0.25) is 0 Å². The van der Waals surface area contributed by atoms with Crippen LogP contribution in [0, 0.1) is 0 Å². The molecule has 1 radical (unpaired) electrons. The largest absolute Gasteiger partial charge is 0.352 e. The molecule has 0 aromatic carbocycles. The molecule has 0 aliphatic carbocycles. The van der Waals surface area contributed by atoms with Crippen LogP contribution in [0.2, 0.25) is 0 Å². The van der Waals surface area contributed by atoms with E-state index in [0.717, 1.165) is 0 Å². The third kappa shape index (κ3) is 50.4. The van der Waals surface area contributed by atoms with Gasteiger partial charge in [0.25, 0.3) is 0 Å². The van der Waals surface area contributed by atoms with E-state index in [0.29, 0.717) is 0 Å². The van der Waals surface area contributed by atoms with Gasteiger partial charge in [-0.1, -0.05) is 0 Å². The van der Waals surface area contributed by atoms with Gasteiger partial charge < -0.3 is 11.5 Å². The quantitative estimate of drug-likeness (QED) is 0.362. The maximum Gasteiger partial charge on any atom is 0.309 e. The zero-order valence-corrected chi connectivity index (χ0v) is 6.19. The van der Waals surface area contributed by atoms with Gasteiger partial charge in [-0.3, -0.25) is 0 Å². The van der Waals surface area contributed by atoms with Crippen molar-refractivity contribution in [1.29, 1.82) is 0 Å². The van der Waals surface area contributed by atoms with Crippen molar-refractivity contribution in [1.82, 2.24) is 0 Å². The van der Waals surface area contributed by atoms with E-state index in [9.17, 15) is 0 Å². The maximum atomic E-state index is 9.00. The molecule has 0 heterocycles. The molecule has 0 saturated carbocycles. The van der Waals surface area contributed by atoms with E-state index in [1.54, 1.807) is 0 Å². The van der Waals surface area contributed by atoms with Crippen LogP contribution in [-0.4, -0.2) is 57.4 Å². The van der Waals surface area contributed by atoms with Crippen LogP contribution in [-0.2, 0) is 0 Å². The maximum absolute atomic E-state index is 9.00. The second-order valence-electron chi connectivity index (χ2n) is 0.402. The van der Waals surface area contributed by atoms with E-state index in [2.05, 4.69) is 11.5 Å². The zero-order chi connectivity index (χ0) is 3.58. The molecule has 25 valence electrons. The van der Waals surface area contributed by atoms with Crippen molar-refractivity contribution in [2.75, 3.05) is 0 Å². The first-order valence-electron chi connectivity index (χ1n) is 0.781. The van der Waals surface area contributed by atoms with Gasteiger partial charge in [-0.2, -0.15) is 0 Å². The number of rotatable bonds is 0. The Bertz CT molecular complexity index is 32.6. The Balaban J connectivity index is 0. The predicted octanol–water partition coefficient (Wildman–Crippen LogP) is -1.36. The molecule has 0 aromatic rings. The molecule has 3 nitrogen and oxygen atoms in total. The van der Waals surface area contributed by atoms with Crippen molar-refractivity contribution in [3.63, 3.8) is 0 Å². The van der Waals surface area contributed by atoms with Crippen LogP contribution in [0.1, 0.15) is 0 Å². The summed E-state index contributed by atoms with van der Waals surface area (Å²) in [5.41, 5.74) is 8.50. The van der Waals surface area contributed by atoms with Crippen LogP contribution in [0.5, 0.6) is 0 Å². The standard InChI is InChI=1S/CH4N2O.K/c2-1(3)4;/h(H4,2,3,4);. The third-order valence-corrected chi connectivity index (χ3v) is 0. The van der Waals surface area contributed by atoms with Crippen LogP contribution >= 0.6 is 0 Å². The number of amides is 2. The van der Waals surface area contributed by atoms with Crippen molar-refractivity contribution in [3.8, 4) is 0 Å². The van der Waals surface area contributed by atoms with Crippen molar-refractivity contribution in [3.05, 3.63) is 0 Å². The summed E-state index contributed by atoms with van der Waals surface area (Å²) < 4.78 is 0.